The smallest absolute Gasteiger partial charge is 0.225 e. The van der Waals surface area contributed by atoms with Crippen molar-refractivity contribution in [1.29, 1.82) is 0 Å². The highest BCUT2D eigenvalue weighted by molar-refractivity contribution is 5.87. The fourth-order valence-electron chi connectivity index (χ4n) is 5.22. The van der Waals surface area contributed by atoms with E-state index in [-0.39, 0.29) is 24.0 Å². The van der Waals surface area contributed by atoms with Gasteiger partial charge in [-0.1, -0.05) is 0 Å². The summed E-state index contributed by atoms with van der Waals surface area (Å²) in [7, 11) is 2.02. The van der Waals surface area contributed by atoms with Crippen molar-refractivity contribution in [1.82, 2.24) is 34.4 Å². The van der Waals surface area contributed by atoms with Gasteiger partial charge in [0.2, 0.25) is 5.91 Å². The summed E-state index contributed by atoms with van der Waals surface area (Å²) in [5.41, 5.74) is 2.37. The van der Waals surface area contributed by atoms with Crippen molar-refractivity contribution >= 4 is 22.9 Å². The first-order chi connectivity index (χ1) is 16.5. The largest absolute Gasteiger partial charge is 0.393 e. The van der Waals surface area contributed by atoms with E-state index < -0.39 is 0 Å². The molecule has 1 saturated heterocycles. The molecule has 0 aromatic carbocycles. The number of carbonyl (C=O) groups is 1. The number of aliphatic hydroxyl groups excluding tert-OH is 1. The lowest BCUT2D eigenvalue weighted by Crippen LogP contribution is -2.40. The van der Waals surface area contributed by atoms with Gasteiger partial charge in [-0.05, 0) is 46.0 Å². The third-order valence-electron chi connectivity index (χ3n) is 7.27. The molecule has 4 heterocycles. The first-order valence-electron chi connectivity index (χ1n) is 12.2. The SMILES string of the molecule is CCn1c(-c2cnc(C)nc2)nc2c(N(C)[C@H]3CCN(C(=O)[C@H]4CC[C@H](O)CC4)C3)ncnc21. The summed E-state index contributed by atoms with van der Waals surface area (Å²) in [6.45, 7) is 6.05. The molecule has 34 heavy (non-hydrogen) atoms. The molecule has 10 heteroatoms. The third-order valence-corrected chi connectivity index (χ3v) is 7.27. The van der Waals surface area contributed by atoms with Crippen molar-refractivity contribution in [2.75, 3.05) is 25.0 Å². The highest BCUT2D eigenvalue weighted by Crippen LogP contribution is 2.31. The van der Waals surface area contributed by atoms with Crippen LogP contribution in [0, 0.1) is 12.8 Å². The number of aryl methyl sites for hydroxylation is 2. The molecule has 0 spiro atoms. The van der Waals surface area contributed by atoms with Gasteiger partial charge in [-0.3, -0.25) is 4.79 Å². The number of fused-ring (bicyclic) bond motifs is 1. The Bertz CT molecular complexity index is 1170. The number of carbonyl (C=O) groups excluding carboxylic acids is 1. The van der Waals surface area contributed by atoms with Crippen LogP contribution in [0.5, 0.6) is 0 Å². The molecule has 1 N–H and O–H groups in total. The fraction of sp³-hybridized carbons (Fsp3) is 0.583. The maximum absolute atomic E-state index is 13.1. The number of nitrogens with zero attached hydrogens (tertiary/aromatic N) is 8. The minimum atomic E-state index is -0.249. The van der Waals surface area contributed by atoms with Gasteiger partial charge in [0, 0.05) is 51.0 Å². The lowest BCUT2D eigenvalue weighted by atomic mass is 9.86. The molecule has 3 aromatic rings. The Morgan fingerprint density at radius 3 is 2.56 bits per heavy atom. The maximum Gasteiger partial charge on any atom is 0.225 e. The Labute approximate surface area is 199 Å². The number of imidazole rings is 1. The first kappa shape index (κ1) is 22.6. The van der Waals surface area contributed by atoms with Gasteiger partial charge < -0.3 is 19.5 Å². The summed E-state index contributed by atoms with van der Waals surface area (Å²) in [6.07, 6.45) is 8.81. The average Bonchev–Trinajstić information content (AvgIpc) is 3.49. The molecule has 5 rings (SSSR count). The van der Waals surface area contributed by atoms with Crippen molar-refractivity contribution in [2.45, 2.75) is 64.6 Å². The number of anilines is 1. The van der Waals surface area contributed by atoms with Crippen LogP contribution < -0.4 is 4.90 Å². The number of hydrogen-bond acceptors (Lipinski definition) is 8. The van der Waals surface area contributed by atoms with E-state index in [9.17, 15) is 9.90 Å². The Balaban J connectivity index is 1.39. The van der Waals surface area contributed by atoms with Gasteiger partial charge in [0.15, 0.2) is 17.0 Å². The molecule has 3 aromatic heterocycles. The summed E-state index contributed by atoms with van der Waals surface area (Å²) in [6, 6.07) is 0.161. The van der Waals surface area contributed by atoms with Crippen molar-refractivity contribution in [2.24, 2.45) is 5.92 Å². The molecule has 2 fully saturated rings. The first-order valence-corrected chi connectivity index (χ1v) is 12.2. The van der Waals surface area contributed by atoms with Crippen molar-refractivity contribution in [3.05, 3.63) is 24.5 Å². The summed E-state index contributed by atoms with van der Waals surface area (Å²) in [5, 5.41) is 9.77. The van der Waals surface area contributed by atoms with Crippen molar-refractivity contribution in [3.8, 4) is 11.4 Å². The molecule has 10 nitrogen and oxygen atoms in total. The van der Waals surface area contributed by atoms with Crippen LogP contribution >= 0.6 is 0 Å². The molecule has 0 unspecified atom stereocenters. The molecule has 1 saturated carbocycles. The molecule has 180 valence electrons. The van der Waals surface area contributed by atoms with E-state index in [1.807, 2.05) is 18.9 Å². The molecular formula is C24H32N8O2. The molecule has 1 amide bonds. The minimum absolute atomic E-state index is 0.0396. The second-order valence-electron chi connectivity index (χ2n) is 9.41. The summed E-state index contributed by atoms with van der Waals surface area (Å²) in [5.74, 6) is 2.53. The van der Waals surface area contributed by atoms with Crippen LogP contribution in [0.15, 0.2) is 18.7 Å². The quantitative estimate of drug-likeness (QED) is 0.611. The number of aliphatic hydroxyl groups is 1. The standard InChI is InChI=1S/C24H32N8O2/c1-4-32-21(17-11-25-15(2)26-12-17)29-20-22(27-14-28-23(20)32)30(3)18-9-10-31(13-18)24(34)16-5-7-19(33)8-6-16/h11-12,14,16,18-19,33H,4-10,13H2,1-3H3/t16-,18-,19-/m0/s1. The van der Waals surface area contributed by atoms with Gasteiger partial charge in [-0.15, -0.1) is 0 Å². The van der Waals surface area contributed by atoms with Crippen LogP contribution in [0.25, 0.3) is 22.6 Å². The van der Waals surface area contributed by atoms with Crippen LogP contribution in [-0.2, 0) is 11.3 Å². The number of likely N-dealkylation sites (tertiary alicyclic amines) is 1. The molecule has 1 aliphatic carbocycles. The Morgan fingerprint density at radius 1 is 1.12 bits per heavy atom. The van der Waals surface area contributed by atoms with Crippen molar-refractivity contribution < 1.29 is 9.90 Å². The predicted octanol–water partition coefficient (Wildman–Crippen LogP) is 2.20. The third kappa shape index (κ3) is 4.11. The van der Waals surface area contributed by atoms with Crippen LogP contribution in [0.2, 0.25) is 0 Å². The van der Waals surface area contributed by atoms with Crippen molar-refractivity contribution in [3.63, 3.8) is 0 Å². The molecule has 1 aliphatic heterocycles. The van der Waals surface area contributed by atoms with E-state index in [1.54, 1.807) is 18.7 Å². The van der Waals surface area contributed by atoms with Gasteiger partial charge in [0.05, 0.1) is 11.7 Å². The number of likely N-dealkylation sites (N-methyl/N-ethyl adjacent to an activating group) is 1. The minimum Gasteiger partial charge on any atom is -0.393 e. The lowest BCUT2D eigenvalue weighted by Gasteiger charge is -2.29. The van der Waals surface area contributed by atoms with E-state index in [0.717, 1.165) is 67.0 Å². The number of hydrogen-bond donors (Lipinski definition) is 1. The number of amides is 1. The molecule has 1 atom stereocenters. The zero-order valence-electron chi connectivity index (χ0n) is 20.1. The fourth-order valence-corrected chi connectivity index (χ4v) is 5.22. The Morgan fingerprint density at radius 2 is 1.85 bits per heavy atom. The zero-order chi connectivity index (χ0) is 23.8. The summed E-state index contributed by atoms with van der Waals surface area (Å²) >= 11 is 0. The van der Waals surface area contributed by atoms with Crippen LogP contribution in [0.4, 0.5) is 5.82 Å². The van der Waals surface area contributed by atoms with E-state index in [4.69, 9.17) is 4.98 Å². The van der Waals surface area contributed by atoms with Gasteiger partial charge in [0.25, 0.3) is 0 Å². The Kier molecular flexibility index (Phi) is 6.16. The monoisotopic (exact) mass is 464 g/mol. The normalized spacial score (nSPS) is 22.9. The van der Waals surface area contributed by atoms with Gasteiger partial charge in [-0.25, -0.2) is 24.9 Å². The van der Waals surface area contributed by atoms with Crippen LogP contribution in [0.1, 0.15) is 44.9 Å². The number of aromatic nitrogens is 6. The van der Waals surface area contributed by atoms with Gasteiger partial charge >= 0.3 is 0 Å². The lowest BCUT2D eigenvalue weighted by molar-refractivity contribution is -0.136. The number of rotatable bonds is 5. The second kappa shape index (κ2) is 9.25. The highest BCUT2D eigenvalue weighted by atomic mass is 16.3. The Hall–Kier alpha value is -3.14. The van der Waals surface area contributed by atoms with E-state index in [0.29, 0.717) is 18.9 Å². The molecular weight excluding hydrogens is 432 g/mol. The average molecular weight is 465 g/mol. The summed E-state index contributed by atoms with van der Waals surface area (Å²) < 4.78 is 2.06. The topological polar surface area (TPSA) is 113 Å². The molecule has 0 bridgehead atoms. The highest BCUT2D eigenvalue weighted by Gasteiger charge is 2.35. The molecule has 2 aliphatic rings. The second-order valence-corrected chi connectivity index (χ2v) is 9.41. The van der Waals surface area contributed by atoms with E-state index >= 15 is 0 Å². The van der Waals surface area contributed by atoms with Crippen LogP contribution in [-0.4, -0.2) is 77.7 Å². The van der Waals surface area contributed by atoms with E-state index in [1.165, 1.54) is 0 Å². The van der Waals surface area contributed by atoms with Gasteiger partial charge in [-0.2, -0.15) is 0 Å². The zero-order valence-corrected chi connectivity index (χ0v) is 20.1. The summed E-state index contributed by atoms with van der Waals surface area (Å²) in [4.78, 5) is 39.9. The predicted molar refractivity (Wildman–Crippen MR) is 128 cm³/mol. The van der Waals surface area contributed by atoms with E-state index in [2.05, 4.69) is 36.3 Å². The maximum atomic E-state index is 13.1. The van der Waals surface area contributed by atoms with Gasteiger partial charge in [0.1, 0.15) is 18.0 Å². The molecule has 0 radical (unpaired) electrons. The van der Waals surface area contributed by atoms with Crippen LogP contribution in [0.3, 0.4) is 0 Å².